The summed E-state index contributed by atoms with van der Waals surface area (Å²) in [5.41, 5.74) is 25.1. The molecule has 0 bridgehead atoms. The summed E-state index contributed by atoms with van der Waals surface area (Å²) in [6.07, 6.45) is -0.858. The third-order valence-corrected chi connectivity index (χ3v) is 15.5. The van der Waals surface area contributed by atoms with E-state index in [1.54, 1.807) is 48.5 Å². The Morgan fingerprint density at radius 2 is 1.25 bits per heavy atom. The Balaban J connectivity index is 1.61. The Hall–Kier alpha value is -7.55. The van der Waals surface area contributed by atoms with Gasteiger partial charge in [0.25, 0.3) is 11.8 Å². The largest absolute Gasteiger partial charge is 0.508 e. The quantitative estimate of drug-likeness (QED) is 0.0324. The first-order valence-corrected chi connectivity index (χ1v) is 28.7. The van der Waals surface area contributed by atoms with Crippen molar-refractivity contribution in [1.29, 1.82) is 0 Å². The summed E-state index contributed by atoms with van der Waals surface area (Å²) in [5, 5.41) is 37.2. The first-order chi connectivity index (χ1) is 38.6. The molecular formula is C55H68ClN11O12S2. The number of nitrogens with two attached hydrogens (primary N) is 4. The number of hydrogen-bond acceptors (Lipinski definition) is 16. The molecule has 0 unspecified atom stereocenters. The van der Waals surface area contributed by atoms with Crippen LogP contribution in [-0.4, -0.2) is 143 Å². The van der Waals surface area contributed by atoms with Crippen LogP contribution in [-0.2, 0) is 64.0 Å². The molecule has 9 amide bonds. The number of carbonyl (C=O) groups is 9. The molecule has 1 saturated heterocycles. The Morgan fingerprint density at radius 3 is 1.81 bits per heavy atom. The molecule has 8 atom stereocenters. The lowest BCUT2D eigenvalue weighted by Crippen LogP contribution is -2.61. The number of nitrogens with one attached hydrogen (secondary N) is 6. The number of methoxy groups -OCH3 is 1. The fourth-order valence-electron chi connectivity index (χ4n) is 8.17. The van der Waals surface area contributed by atoms with Gasteiger partial charge >= 0.3 is 0 Å². The molecule has 4 aromatic carbocycles. The van der Waals surface area contributed by atoms with Crippen LogP contribution in [0.5, 0.6) is 11.5 Å². The Bertz CT molecular complexity index is 2870. The second-order valence-corrected chi connectivity index (χ2v) is 22.1. The average Bonchev–Trinajstić information content (AvgIpc) is 3.51. The number of halogens is 1. The summed E-state index contributed by atoms with van der Waals surface area (Å²) in [7, 11) is 3.36. The number of primary amides is 2. The summed E-state index contributed by atoms with van der Waals surface area (Å²) in [4.78, 5) is 130. The lowest BCUT2D eigenvalue weighted by Gasteiger charge is -2.29. The van der Waals surface area contributed by atoms with Crippen molar-refractivity contribution in [2.24, 2.45) is 27.9 Å². The summed E-state index contributed by atoms with van der Waals surface area (Å²) < 4.78 is 5.33. The number of aliphatic hydroxyl groups is 1. The minimum atomic E-state index is -1.77. The molecule has 16 N–H and O–H groups in total. The van der Waals surface area contributed by atoms with Gasteiger partial charge in [-0.2, -0.15) is 0 Å². The number of nitrogens with zero attached hydrogens (tertiary/aromatic N) is 1. The highest BCUT2D eigenvalue weighted by atomic mass is 35.5. The molecule has 1 heterocycles. The van der Waals surface area contributed by atoms with Gasteiger partial charge in [-0.1, -0.05) is 94.6 Å². The molecular weight excluding hydrogens is 1110 g/mol. The van der Waals surface area contributed by atoms with Crippen LogP contribution in [0.2, 0.25) is 5.02 Å². The number of phenolic OH excluding ortho intramolecular Hbond substituents is 1. The van der Waals surface area contributed by atoms with Gasteiger partial charge in [-0.15, -0.1) is 0 Å². The number of unbranched alkanes of at least 4 members (excludes halogenated alkanes) is 2. The van der Waals surface area contributed by atoms with E-state index in [1.807, 2.05) is 0 Å². The smallest absolute Gasteiger partial charge is 0.269 e. The van der Waals surface area contributed by atoms with E-state index in [-0.39, 0.29) is 54.9 Å². The number of aliphatic imine (C=N–C) groups is 1. The molecule has 0 spiro atoms. The summed E-state index contributed by atoms with van der Waals surface area (Å²) in [5.74, 6) is -8.44. The first-order valence-electron chi connectivity index (χ1n) is 25.8. The number of aromatic hydroxyl groups is 1. The zero-order chi connectivity index (χ0) is 59.2. The van der Waals surface area contributed by atoms with Gasteiger partial charge in [0, 0.05) is 41.4 Å². The molecule has 5 rings (SSSR count). The lowest BCUT2D eigenvalue weighted by molar-refractivity contribution is -0.136. The van der Waals surface area contributed by atoms with Crippen molar-refractivity contribution in [3.63, 3.8) is 0 Å². The molecule has 1 aliphatic heterocycles. The van der Waals surface area contributed by atoms with E-state index in [1.165, 1.54) is 62.6 Å². The van der Waals surface area contributed by atoms with Crippen molar-refractivity contribution < 1.29 is 58.1 Å². The fourth-order valence-corrected chi connectivity index (χ4v) is 10.6. The Labute approximate surface area is 481 Å². The molecule has 26 heteroatoms. The van der Waals surface area contributed by atoms with E-state index in [0.29, 0.717) is 58.8 Å². The van der Waals surface area contributed by atoms with E-state index < -0.39 is 107 Å². The third-order valence-electron chi connectivity index (χ3n) is 12.8. The van der Waals surface area contributed by atoms with Gasteiger partial charge in [0.15, 0.2) is 0 Å². The summed E-state index contributed by atoms with van der Waals surface area (Å²) in [6, 6.07) is 14.4. The van der Waals surface area contributed by atoms with E-state index in [2.05, 4.69) is 36.9 Å². The molecule has 1 aliphatic rings. The van der Waals surface area contributed by atoms with E-state index in [4.69, 9.17) is 39.3 Å². The van der Waals surface area contributed by atoms with Crippen molar-refractivity contribution in [3.05, 3.63) is 130 Å². The number of benzene rings is 4. The number of carbonyl (C=O) groups excluding carboxylic acids is 9. The maximum Gasteiger partial charge on any atom is 0.269 e. The van der Waals surface area contributed by atoms with Crippen molar-refractivity contribution in [1.82, 2.24) is 31.9 Å². The predicted molar refractivity (Wildman–Crippen MR) is 308 cm³/mol. The predicted octanol–water partition coefficient (Wildman–Crippen LogP) is 0.408. The topological polar surface area (TPSA) is 392 Å². The summed E-state index contributed by atoms with van der Waals surface area (Å²) >= 11 is 6.08. The molecule has 434 valence electrons. The Kier molecular flexibility index (Phi) is 25.4. The standard InChI is InChI=1S/C55H68ClN11O12S2/c1-30(68)46-55(78)66-45(53(76)62-41(48(60)71)25-33-11-19-37(69)20-12-33)29-81-80-28-44(65-49(72)39(58)24-31-9-17-36(56)18-10-31)54(77)64-43(27-34-13-21-38(79-2)22-14-34)52(75)63-42(26-32-7-15-35(16-8-32)47(59)70)51(74)61-40(50(73)67-46)6-4-3-5-23-57/h7-22,30,39-40,42-46,68-69H,3-6,23-29,57-58H2,1-2H3,(H2,59,70)(H2,60,71)(H,61,74)(H,63,75)(H,64,77)(H,65,72)(H,66,78)(H,67,73)/b62-41+/t30-,39+,40+,42-,43+,44-,45+,46+/m1/s1. The zero-order valence-corrected chi connectivity index (χ0v) is 47.0. The molecule has 0 saturated carbocycles. The van der Waals surface area contributed by atoms with Gasteiger partial charge < -0.3 is 69.8 Å². The minimum absolute atomic E-state index is 0.0209. The molecule has 0 radical (unpaired) electrons. The van der Waals surface area contributed by atoms with Gasteiger partial charge in [-0.05, 0) is 104 Å². The van der Waals surface area contributed by atoms with Crippen LogP contribution in [0, 0.1) is 0 Å². The highest BCUT2D eigenvalue weighted by Gasteiger charge is 2.36. The normalized spacial score (nSPS) is 20.7. The molecule has 1 fully saturated rings. The molecule has 23 nitrogen and oxygen atoms in total. The number of phenols is 1. The lowest BCUT2D eigenvalue weighted by atomic mass is 10.00. The SMILES string of the molecule is COc1ccc(C[C@@H]2NC(=O)[C@H](NC(=O)[C@@H](N)Cc3ccc(Cl)cc3)CSSC[C@@H](C(=O)/N=C(\Cc3ccc(O)cc3)C(N)=O)NC(=O)[C@H]([C@@H](C)O)NC(=O)[C@H](CCCCCN)NC(=O)[C@@H](Cc3ccc(C(N)=O)cc3)NC2=O)cc1. The fraction of sp³-hybridized carbons (Fsp3) is 0.382. The number of amides is 9. The number of hydrogen-bond donors (Lipinski definition) is 12. The second-order valence-electron chi connectivity index (χ2n) is 19.1. The van der Waals surface area contributed by atoms with Crippen molar-refractivity contribution in [3.8, 4) is 11.5 Å². The Morgan fingerprint density at radius 1 is 0.704 bits per heavy atom. The van der Waals surface area contributed by atoms with Gasteiger partial charge in [0.2, 0.25) is 41.4 Å². The van der Waals surface area contributed by atoms with Gasteiger partial charge in [-0.3, -0.25) is 43.2 Å². The average molecular weight is 1170 g/mol. The maximum atomic E-state index is 14.8. The number of rotatable bonds is 20. The van der Waals surface area contributed by atoms with Gasteiger partial charge in [0.1, 0.15) is 53.5 Å². The molecule has 81 heavy (non-hydrogen) atoms. The van der Waals surface area contributed by atoms with Crippen LogP contribution in [0.3, 0.4) is 0 Å². The van der Waals surface area contributed by atoms with Crippen molar-refractivity contribution in [2.45, 2.75) is 107 Å². The van der Waals surface area contributed by atoms with E-state index in [0.717, 1.165) is 21.6 Å². The van der Waals surface area contributed by atoms with Crippen LogP contribution >= 0.6 is 33.2 Å². The van der Waals surface area contributed by atoms with Crippen LogP contribution < -0.4 is 59.6 Å². The van der Waals surface area contributed by atoms with Gasteiger partial charge in [-0.25, -0.2) is 4.99 Å². The monoisotopic (exact) mass is 1170 g/mol. The van der Waals surface area contributed by atoms with Crippen molar-refractivity contribution >= 4 is 92.1 Å². The molecule has 0 aliphatic carbocycles. The van der Waals surface area contributed by atoms with Crippen LogP contribution in [0.25, 0.3) is 0 Å². The number of ether oxygens (including phenoxy) is 1. The summed E-state index contributed by atoms with van der Waals surface area (Å²) in [6.45, 7) is 1.53. The number of aliphatic hydroxyl groups excluding tert-OH is 1. The van der Waals surface area contributed by atoms with Crippen molar-refractivity contribution in [2.75, 3.05) is 25.2 Å². The highest BCUT2D eigenvalue weighted by Crippen LogP contribution is 2.25. The van der Waals surface area contributed by atoms with Gasteiger partial charge in [0.05, 0.1) is 19.3 Å². The van der Waals surface area contributed by atoms with Crippen LogP contribution in [0.4, 0.5) is 0 Å². The third kappa shape index (κ3) is 20.8. The van der Waals surface area contributed by atoms with E-state index >= 15 is 0 Å². The molecule has 4 aromatic rings. The van der Waals surface area contributed by atoms with Crippen LogP contribution in [0.15, 0.2) is 102 Å². The minimum Gasteiger partial charge on any atom is -0.508 e. The zero-order valence-electron chi connectivity index (χ0n) is 44.6. The van der Waals surface area contributed by atoms with Crippen LogP contribution in [0.1, 0.15) is 65.2 Å². The first kappa shape index (κ1) is 64.3. The molecule has 0 aromatic heterocycles. The highest BCUT2D eigenvalue weighted by molar-refractivity contribution is 8.76. The maximum absolute atomic E-state index is 14.8. The van der Waals surface area contributed by atoms with E-state index in [9.17, 15) is 53.4 Å². The second kappa shape index (κ2) is 32.0.